The average Bonchev–Trinajstić information content (AvgIpc) is 2.42. The number of carbonyl (C=O) groups excluding carboxylic acids is 1. The van der Waals surface area contributed by atoms with E-state index < -0.39 is 11.4 Å². The Morgan fingerprint density at radius 1 is 1.27 bits per heavy atom. The van der Waals surface area contributed by atoms with Crippen LogP contribution in [0, 0.1) is 11.3 Å². The quantitative estimate of drug-likeness (QED) is 0.810. The first-order valence-corrected chi connectivity index (χ1v) is 7.54. The molecule has 5 nitrogen and oxygen atoms in total. The Morgan fingerprint density at radius 3 is 2.50 bits per heavy atom. The fourth-order valence-corrected chi connectivity index (χ4v) is 2.38. The standard InChI is InChI=1S/C17H23NO4/c1-17(2,11-22-10-12-6-4-3-5-7-12)16(21)18-14-8-13(9-14)15(19)20/h3-7,13-14H,8-11H2,1-2H3,(H,18,21)(H,19,20). The van der Waals surface area contributed by atoms with Gasteiger partial charge >= 0.3 is 5.97 Å². The molecule has 1 amide bonds. The lowest BCUT2D eigenvalue weighted by molar-refractivity contribution is -0.147. The monoisotopic (exact) mass is 305 g/mol. The van der Waals surface area contributed by atoms with Gasteiger partial charge in [0.15, 0.2) is 0 Å². The SMILES string of the molecule is CC(C)(COCc1ccccc1)C(=O)NC1CC(C(=O)O)C1. The van der Waals surface area contributed by atoms with E-state index in [0.717, 1.165) is 5.56 Å². The number of hydrogen-bond acceptors (Lipinski definition) is 3. The highest BCUT2D eigenvalue weighted by atomic mass is 16.5. The first kappa shape index (κ1) is 16.5. The molecule has 0 aliphatic heterocycles. The predicted molar refractivity (Wildman–Crippen MR) is 82.2 cm³/mol. The molecule has 120 valence electrons. The fourth-order valence-electron chi connectivity index (χ4n) is 2.38. The minimum absolute atomic E-state index is 0.0259. The average molecular weight is 305 g/mol. The second-order valence-electron chi connectivity index (χ2n) is 6.54. The first-order valence-electron chi connectivity index (χ1n) is 7.54. The second kappa shape index (κ2) is 6.92. The third-order valence-electron chi connectivity index (χ3n) is 4.01. The number of ether oxygens (including phenoxy) is 1. The highest BCUT2D eigenvalue weighted by molar-refractivity contribution is 5.82. The molecule has 2 N–H and O–H groups in total. The maximum atomic E-state index is 12.2. The molecule has 5 heteroatoms. The van der Waals surface area contributed by atoms with E-state index in [1.54, 1.807) is 0 Å². The Hall–Kier alpha value is -1.88. The summed E-state index contributed by atoms with van der Waals surface area (Å²) in [6.07, 6.45) is 1.03. The van der Waals surface area contributed by atoms with Crippen molar-refractivity contribution in [2.24, 2.45) is 11.3 Å². The van der Waals surface area contributed by atoms with E-state index in [4.69, 9.17) is 9.84 Å². The number of amides is 1. The van der Waals surface area contributed by atoms with Crippen molar-refractivity contribution in [3.8, 4) is 0 Å². The molecule has 0 bridgehead atoms. The van der Waals surface area contributed by atoms with Crippen molar-refractivity contribution in [3.63, 3.8) is 0 Å². The van der Waals surface area contributed by atoms with Crippen LogP contribution in [0.4, 0.5) is 0 Å². The Bertz CT molecular complexity index is 521. The van der Waals surface area contributed by atoms with E-state index in [-0.39, 0.29) is 17.9 Å². The van der Waals surface area contributed by atoms with Gasteiger partial charge in [0.2, 0.25) is 5.91 Å². The minimum Gasteiger partial charge on any atom is -0.481 e. The number of nitrogens with one attached hydrogen (secondary N) is 1. The Kier molecular flexibility index (Phi) is 5.19. The van der Waals surface area contributed by atoms with Gasteiger partial charge in [0, 0.05) is 6.04 Å². The van der Waals surface area contributed by atoms with Crippen LogP contribution in [-0.2, 0) is 20.9 Å². The van der Waals surface area contributed by atoms with E-state index >= 15 is 0 Å². The van der Waals surface area contributed by atoms with Gasteiger partial charge in [0.05, 0.1) is 24.5 Å². The molecule has 1 aromatic rings. The molecule has 1 aromatic carbocycles. The lowest BCUT2D eigenvalue weighted by Gasteiger charge is -2.35. The molecule has 1 fully saturated rings. The van der Waals surface area contributed by atoms with Crippen LogP contribution in [0.15, 0.2) is 30.3 Å². The van der Waals surface area contributed by atoms with E-state index in [1.165, 1.54) is 0 Å². The van der Waals surface area contributed by atoms with Gasteiger partial charge in [-0.3, -0.25) is 9.59 Å². The summed E-state index contributed by atoms with van der Waals surface area (Å²) in [5.41, 5.74) is 0.435. The molecule has 22 heavy (non-hydrogen) atoms. The van der Waals surface area contributed by atoms with Crippen LogP contribution in [-0.4, -0.2) is 29.6 Å². The molecule has 0 atom stereocenters. The summed E-state index contributed by atoms with van der Waals surface area (Å²) in [6, 6.07) is 9.78. The molecule has 1 aliphatic rings. The van der Waals surface area contributed by atoms with Crippen molar-refractivity contribution in [2.45, 2.75) is 39.3 Å². The number of rotatable bonds is 7. The molecule has 0 aromatic heterocycles. The normalized spacial score (nSPS) is 21.0. The van der Waals surface area contributed by atoms with Crippen molar-refractivity contribution in [1.29, 1.82) is 0 Å². The summed E-state index contributed by atoms with van der Waals surface area (Å²) >= 11 is 0. The van der Waals surface area contributed by atoms with Gasteiger partial charge in [0.1, 0.15) is 0 Å². The predicted octanol–water partition coefficient (Wildman–Crippen LogP) is 2.21. The van der Waals surface area contributed by atoms with Crippen molar-refractivity contribution in [2.75, 3.05) is 6.61 Å². The minimum atomic E-state index is -0.782. The summed E-state index contributed by atoms with van der Waals surface area (Å²) in [7, 11) is 0. The third kappa shape index (κ3) is 4.31. The Morgan fingerprint density at radius 2 is 1.91 bits per heavy atom. The smallest absolute Gasteiger partial charge is 0.306 e. The maximum Gasteiger partial charge on any atom is 0.306 e. The molecular weight excluding hydrogens is 282 g/mol. The molecule has 0 unspecified atom stereocenters. The van der Waals surface area contributed by atoms with Crippen LogP contribution in [0.25, 0.3) is 0 Å². The molecule has 1 saturated carbocycles. The van der Waals surface area contributed by atoms with Crippen molar-refractivity contribution >= 4 is 11.9 Å². The second-order valence-corrected chi connectivity index (χ2v) is 6.54. The number of benzene rings is 1. The molecule has 0 spiro atoms. The molecule has 0 saturated heterocycles. The molecule has 0 heterocycles. The van der Waals surface area contributed by atoms with Crippen LogP contribution in [0.1, 0.15) is 32.3 Å². The van der Waals surface area contributed by atoms with Crippen LogP contribution >= 0.6 is 0 Å². The molecule has 2 rings (SSSR count). The lowest BCUT2D eigenvalue weighted by Crippen LogP contribution is -2.51. The number of hydrogen-bond donors (Lipinski definition) is 2. The van der Waals surface area contributed by atoms with Crippen molar-refractivity contribution in [3.05, 3.63) is 35.9 Å². The number of carbonyl (C=O) groups is 2. The largest absolute Gasteiger partial charge is 0.481 e. The summed E-state index contributed by atoms with van der Waals surface area (Å²) in [5, 5.41) is 11.7. The fraction of sp³-hybridized carbons (Fsp3) is 0.529. The first-order chi connectivity index (χ1) is 10.4. The van der Waals surface area contributed by atoms with E-state index in [1.807, 2.05) is 44.2 Å². The van der Waals surface area contributed by atoms with Gasteiger partial charge in [0.25, 0.3) is 0 Å². The van der Waals surface area contributed by atoms with Gasteiger partial charge in [-0.2, -0.15) is 0 Å². The van der Waals surface area contributed by atoms with Gasteiger partial charge in [-0.1, -0.05) is 30.3 Å². The summed E-state index contributed by atoms with van der Waals surface area (Å²) in [6.45, 7) is 4.46. The van der Waals surface area contributed by atoms with Gasteiger partial charge in [-0.15, -0.1) is 0 Å². The summed E-state index contributed by atoms with van der Waals surface area (Å²) in [4.78, 5) is 23.0. The zero-order valence-corrected chi connectivity index (χ0v) is 13.0. The van der Waals surface area contributed by atoms with Gasteiger partial charge in [-0.25, -0.2) is 0 Å². The van der Waals surface area contributed by atoms with Crippen molar-refractivity contribution in [1.82, 2.24) is 5.32 Å². The van der Waals surface area contributed by atoms with E-state index in [9.17, 15) is 9.59 Å². The highest BCUT2D eigenvalue weighted by Crippen LogP contribution is 2.28. The zero-order chi connectivity index (χ0) is 16.2. The zero-order valence-electron chi connectivity index (χ0n) is 13.0. The molecular formula is C17H23NO4. The summed E-state index contributed by atoms with van der Waals surface area (Å²) in [5.74, 6) is -1.19. The van der Waals surface area contributed by atoms with E-state index in [0.29, 0.717) is 26.1 Å². The number of carboxylic acid groups (broad SMARTS) is 1. The summed E-state index contributed by atoms with van der Waals surface area (Å²) < 4.78 is 5.64. The Labute approximate surface area is 130 Å². The maximum absolute atomic E-state index is 12.2. The van der Waals surface area contributed by atoms with Crippen LogP contribution in [0.3, 0.4) is 0 Å². The van der Waals surface area contributed by atoms with Crippen LogP contribution in [0.2, 0.25) is 0 Å². The highest BCUT2D eigenvalue weighted by Gasteiger charge is 2.38. The Balaban J connectivity index is 1.73. The topological polar surface area (TPSA) is 75.6 Å². The number of carboxylic acids is 1. The van der Waals surface area contributed by atoms with Crippen LogP contribution < -0.4 is 5.32 Å². The van der Waals surface area contributed by atoms with Crippen LogP contribution in [0.5, 0.6) is 0 Å². The molecule has 0 radical (unpaired) electrons. The third-order valence-corrected chi connectivity index (χ3v) is 4.01. The lowest BCUT2D eigenvalue weighted by atomic mass is 9.79. The van der Waals surface area contributed by atoms with Gasteiger partial charge < -0.3 is 15.2 Å². The number of aliphatic carboxylic acids is 1. The van der Waals surface area contributed by atoms with Gasteiger partial charge in [-0.05, 0) is 32.3 Å². The molecule has 1 aliphatic carbocycles. The van der Waals surface area contributed by atoms with E-state index in [2.05, 4.69) is 5.32 Å². The van der Waals surface area contributed by atoms with Crippen molar-refractivity contribution < 1.29 is 19.4 Å².